The maximum absolute atomic E-state index is 12.4. The van der Waals surface area contributed by atoms with Crippen LogP contribution in [-0.4, -0.2) is 37.8 Å². The highest BCUT2D eigenvalue weighted by molar-refractivity contribution is 7.89. The first-order valence-corrected chi connectivity index (χ1v) is 8.37. The van der Waals surface area contributed by atoms with Gasteiger partial charge in [0.2, 0.25) is 10.0 Å². The molecule has 0 aromatic heterocycles. The molecule has 0 amide bonds. The zero-order valence-corrected chi connectivity index (χ0v) is 12.5. The molecular formula is C13H18ClNO3S. The number of benzene rings is 1. The van der Waals surface area contributed by atoms with Crippen LogP contribution in [0.3, 0.4) is 0 Å². The van der Waals surface area contributed by atoms with Gasteiger partial charge in [0.1, 0.15) is 12.4 Å². The van der Waals surface area contributed by atoms with Crippen molar-refractivity contribution in [1.82, 2.24) is 4.31 Å². The fourth-order valence-electron chi connectivity index (χ4n) is 1.99. The van der Waals surface area contributed by atoms with Crippen molar-refractivity contribution < 1.29 is 13.2 Å². The molecule has 0 heterocycles. The second kappa shape index (κ2) is 6.11. The molecule has 2 rings (SSSR count). The largest absolute Gasteiger partial charge is 0.492 e. The van der Waals surface area contributed by atoms with E-state index in [1.807, 2.05) is 6.92 Å². The Balaban J connectivity index is 2.16. The molecule has 1 fully saturated rings. The van der Waals surface area contributed by atoms with E-state index in [1.165, 1.54) is 0 Å². The highest BCUT2D eigenvalue weighted by Gasteiger charge is 2.36. The first-order chi connectivity index (χ1) is 9.09. The van der Waals surface area contributed by atoms with Gasteiger partial charge >= 0.3 is 0 Å². The van der Waals surface area contributed by atoms with Crippen LogP contribution in [0, 0.1) is 0 Å². The predicted octanol–water partition coefficient (Wildman–Crippen LogP) is 2.48. The lowest BCUT2D eigenvalue weighted by Crippen LogP contribution is -2.32. The maximum Gasteiger partial charge on any atom is 0.243 e. The average Bonchev–Trinajstić information content (AvgIpc) is 3.22. The van der Waals surface area contributed by atoms with E-state index in [0.717, 1.165) is 12.8 Å². The average molecular weight is 304 g/mol. The molecular weight excluding hydrogens is 286 g/mol. The Morgan fingerprint density at radius 3 is 2.42 bits per heavy atom. The van der Waals surface area contributed by atoms with Gasteiger partial charge in [-0.15, -0.1) is 11.6 Å². The van der Waals surface area contributed by atoms with Gasteiger partial charge in [0.25, 0.3) is 0 Å². The minimum atomic E-state index is -3.37. The molecule has 19 heavy (non-hydrogen) atoms. The van der Waals surface area contributed by atoms with E-state index in [1.54, 1.807) is 28.6 Å². The van der Waals surface area contributed by atoms with Gasteiger partial charge in [0, 0.05) is 12.6 Å². The summed E-state index contributed by atoms with van der Waals surface area (Å²) in [6.07, 6.45) is 1.92. The van der Waals surface area contributed by atoms with Gasteiger partial charge in [0.15, 0.2) is 0 Å². The fourth-order valence-corrected chi connectivity index (χ4v) is 3.76. The van der Waals surface area contributed by atoms with E-state index in [9.17, 15) is 8.42 Å². The molecule has 1 saturated carbocycles. The number of alkyl halides is 1. The molecule has 0 aliphatic heterocycles. The SMILES string of the molecule is CCN(C1CC1)S(=O)(=O)c1ccc(OCCCl)cc1. The summed E-state index contributed by atoms with van der Waals surface area (Å²) < 4.78 is 31.8. The van der Waals surface area contributed by atoms with Crippen molar-refractivity contribution in [3.05, 3.63) is 24.3 Å². The molecule has 0 unspecified atom stereocenters. The van der Waals surface area contributed by atoms with Crippen molar-refractivity contribution in [2.45, 2.75) is 30.7 Å². The normalized spacial score (nSPS) is 15.7. The Bertz CT molecular complexity index is 511. The van der Waals surface area contributed by atoms with Crippen LogP contribution in [0.2, 0.25) is 0 Å². The lowest BCUT2D eigenvalue weighted by molar-refractivity contribution is 0.342. The zero-order chi connectivity index (χ0) is 13.9. The van der Waals surface area contributed by atoms with Crippen LogP contribution in [0.4, 0.5) is 0 Å². The van der Waals surface area contributed by atoms with Crippen LogP contribution in [0.25, 0.3) is 0 Å². The van der Waals surface area contributed by atoms with Crippen LogP contribution in [-0.2, 0) is 10.0 Å². The van der Waals surface area contributed by atoms with E-state index < -0.39 is 10.0 Å². The van der Waals surface area contributed by atoms with Crippen LogP contribution in [0.5, 0.6) is 5.75 Å². The minimum absolute atomic E-state index is 0.183. The summed E-state index contributed by atoms with van der Waals surface area (Å²) in [6, 6.07) is 6.69. The fraction of sp³-hybridized carbons (Fsp3) is 0.538. The summed E-state index contributed by atoms with van der Waals surface area (Å²) in [7, 11) is -3.37. The lowest BCUT2D eigenvalue weighted by atomic mass is 10.3. The number of sulfonamides is 1. The highest BCUT2D eigenvalue weighted by Crippen LogP contribution is 2.32. The van der Waals surface area contributed by atoms with Gasteiger partial charge in [0.05, 0.1) is 10.8 Å². The third-order valence-corrected chi connectivity index (χ3v) is 5.24. The third-order valence-electron chi connectivity index (χ3n) is 3.04. The van der Waals surface area contributed by atoms with E-state index >= 15 is 0 Å². The van der Waals surface area contributed by atoms with Gasteiger partial charge < -0.3 is 4.74 Å². The summed E-state index contributed by atoms with van der Waals surface area (Å²) in [5.41, 5.74) is 0. The standard InChI is InChI=1S/C13H18ClNO3S/c1-2-15(11-3-4-11)19(16,17)13-7-5-12(6-8-13)18-10-9-14/h5-8,11H,2-4,9-10H2,1H3. The molecule has 0 spiro atoms. The predicted molar refractivity (Wildman–Crippen MR) is 75.2 cm³/mol. The van der Waals surface area contributed by atoms with Crippen LogP contribution < -0.4 is 4.74 Å². The Morgan fingerprint density at radius 1 is 1.32 bits per heavy atom. The summed E-state index contributed by atoms with van der Waals surface area (Å²) in [5.74, 6) is 1.04. The summed E-state index contributed by atoms with van der Waals surface area (Å²) in [5, 5.41) is 0. The smallest absolute Gasteiger partial charge is 0.243 e. The van der Waals surface area contributed by atoms with Gasteiger partial charge in [-0.1, -0.05) is 6.92 Å². The topological polar surface area (TPSA) is 46.6 Å². The first kappa shape index (κ1) is 14.6. The lowest BCUT2D eigenvalue weighted by Gasteiger charge is -2.20. The number of hydrogen-bond donors (Lipinski definition) is 0. The van der Waals surface area contributed by atoms with Crippen LogP contribution in [0.15, 0.2) is 29.2 Å². The minimum Gasteiger partial charge on any atom is -0.492 e. The molecule has 0 N–H and O–H groups in total. The molecule has 4 nitrogen and oxygen atoms in total. The Kier molecular flexibility index (Phi) is 4.71. The van der Waals surface area contributed by atoms with Gasteiger partial charge in [-0.25, -0.2) is 8.42 Å². The Morgan fingerprint density at radius 2 is 1.95 bits per heavy atom. The van der Waals surface area contributed by atoms with Crippen molar-refractivity contribution in [3.8, 4) is 5.75 Å². The number of ether oxygens (including phenoxy) is 1. The molecule has 1 aliphatic rings. The Hall–Kier alpha value is -0.780. The van der Waals surface area contributed by atoms with E-state index in [-0.39, 0.29) is 6.04 Å². The number of nitrogens with zero attached hydrogens (tertiary/aromatic N) is 1. The molecule has 106 valence electrons. The molecule has 1 aromatic rings. The van der Waals surface area contributed by atoms with Gasteiger partial charge in [-0.2, -0.15) is 4.31 Å². The third kappa shape index (κ3) is 3.41. The van der Waals surface area contributed by atoms with Crippen molar-refractivity contribution in [2.75, 3.05) is 19.0 Å². The van der Waals surface area contributed by atoms with Crippen molar-refractivity contribution in [2.24, 2.45) is 0 Å². The monoisotopic (exact) mass is 303 g/mol. The number of rotatable bonds is 7. The maximum atomic E-state index is 12.4. The molecule has 6 heteroatoms. The summed E-state index contributed by atoms with van der Waals surface area (Å²) in [4.78, 5) is 0.319. The number of hydrogen-bond acceptors (Lipinski definition) is 3. The second-order valence-electron chi connectivity index (χ2n) is 4.45. The molecule has 0 atom stereocenters. The molecule has 0 saturated heterocycles. The quantitative estimate of drug-likeness (QED) is 0.727. The van der Waals surface area contributed by atoms with E-state index in [0.29, 0.717) is 29.7 Å². The summed E-state index contributed by atoms with van der Waals surface area (Å²) in [6.45, 7) is 2.79. The highest BCUT2D eigenvalue weighted by atomic mass is 35.5. The van der Waals surface area contributed by atoms with Crippen molar-refractivity contribution in [3.63, 3.8) is 0 Å². The molecule has 1 aromatic carbocycles. The van der Waals surface area contributed by atoms with E-state index in [2.05, 4.69) is 0 Å². The van der Waals surface area contributed by atoms with E-state index in [4.69, 9.17) is 16.3 Å². The van der Waals surface area contributed by atoms with Crippen LogP contribution >= 0.6 is 11.6 Å². The van der Waals surface area contributed by atoms with Crippen LogP contribution in [0.1, 0.15) is 19.8 Å². The van der Waals surface area contributed by atoms with Gasteiger partial charge in [-0.05, 0) is 37.1 Å². The molecule has 1 aliphatic carbocycles. The Labute approximate surface area is 119 Å². The number of halogens is 1. The van der Waals surface area contributed by atoms with Crippen molar-refractivity contribution >= 4 is 21.6 Å². The second-order valence-corrected chi connectivity index (χ2v) is 6.72. The summed E-state index contributed by atoms with van der Waals surface area (Å²) >= 11 is 5.53. The van der Waals surface area contributed by atoms with Crippen molar-refractivity contribution in [1.29, 1.82) is 0 Å². The molecule has 0 radical (unpaired) electrons. The van der Waals surface area contributed by atoms with Gasteiger partial charge in [-0.3, -0.25) is 0 Å². The first-order valence-electron chi connectivity index (χ1n) is 6.40. The molecule has 0 bridgehead atoms. The zero-order valence-electron chi connectivity index (χ0n) is 10.9.